The minimum absolute atomic E-state index is 0.468. The van der Waals surface area contributed by atoms with E-state index in [0.29, 0.717) is 0 Å². The van der Waals surface area contributed by atoms with E-state index in [0.717, 1.165) is 6.92 Å². The van der Waals surface area contributed by atoms with Crippen LogP contribution in [-0.2, 0) is 19.0 Å². The Balaban J connectivity index is 2.28. The first-order chi connectivity index (χ1) is 12.7. The first-order valence-corrected chi connectivity index (χ1v) is 8.15. The molecule has 13 nitrogen and oxygen atoms in total. The first kappa shape index (κ1) is 21.7. The standard InChI is InChI=1S/C14H24N2O11/c1-4(19)15-7-12(9(21)6(3-18)25-13(7)16-24)27-14-11(23)10(22)8(20)5(2-17)26-14/h5-12,14,17-18,20-24H,2-3H2,1H3,(H,15,19)/b16-13-/t5-,6-,7-,8+,9-,10+,11-,12-,14+/m1/s1. The van der Waals surface area contributed by atoms with Gasteiger partial charge in [-0.1, -0.05) is 5.16 Å². The third-order valence-electron chi connectivity index (χ3n) is 4.36. The highest BCUT2D eigenvalue weighted by Gasteiger charge is 2.50. The van der Waals surface area contributed by atoms with Gasteiger partial charge in [0.25, 0.3) is 5.90 Å². The fourth-order valence-electron chi connectivity index (χ4n) is 2.94. The molecule has 0 unspecified atom stereocenters. The maximum Gasteiger partial charge on any atom is 0.251 e. The molecule has 0 saturated carbocycles. The Morgan fingerprint density at radius 2 is 1.70 bits per heavy atom. The summed E-state index contributed by atoms with van der Waals surface area (Å²) in [6.45, 7) is -0.245. The second-order valence-corrected chi connectivity index (χ2v) is 6.24. The largest absolute Gasteiger partial charge is 0.468 e. The molecular weight excluding hydrogens is 372 g/mol. The summed E-state index contributed by atoms with van der Waals surface area (Å²) in [5, 5.41) is 73.0. The predicted molar refractivity (Wildman–Crippen MR) is 83.4 cm³/mol. The number of hydrogen-bond donors (Lipinski definition) is 8. The summed E-state index contributed by atoms with van der Waals surface area (Å²) in [5.41, 5.74) is 0. The lowest BCUT2D eigenvalue weighted by atomic mass is 9.95. The second-order valence-electron chi connectivity index (χ2n) is 6.24. The van der Waals surface area contributed by atoms with Gasteiger partial charge in [0.05, 0.1) is 13.2 Å². The summed E-state index contributed by atoms with van der Waals surface area (Å²) < 4.78 is 15.8. The van der Waals surface area contributed by atoms with Gasteiger partial charge in [0.15, 0.2) is 12.4 Å². The van der Waals surface area contributed by atoms with Gasteiger partial charge < -0.3 is 55.4 Å². The van der Waals surface area contributed by atoms with Crippen LogP contribution in [0.5, 0.6) is 0 Å². The number of carbonyl (C=O) groups excluding carboxylic acids is 1. The molecule has 8 N–H and O–H groups in total. The van der Waals surface area contributed by atoms with Gasteiger partial charge in [0.1, 0.15) is 42.7 Å². The maximum absolute atomic E-state index is 11.5. The topological polar surface area (TPSA) is 211 Å². The smallest absolute Gasteiger partial charge is 0.251 e. The van der Waals surface area contributed by atoms with Crippen molar-refractivity contribution in [2.24, 2.45) is 5.16 Å². The van der Waals surface area contributed by atoms with Gasteiger partial charge in [-0.3, -0.25) is 4.79 Å². The van der Waals surface area contributed by atoms with Crippen molar-refractivity contribution < 1.29 is 54.9 Å². The average molecular weight is 396 g/mol. The molecule has 9 atom stereocenters. The Hall–Kier alpha value is -1.58. The van der Waals surface area contributed by atoms with E-state index in [1.165, 1.54) is 0 Å². The van der Waals surface area contributed by atoms with Crippen LogP contribution in [0.3, 0.4) is 0 Å². The number of nitrogens with one attached hydrogen (secondary N) is 1. The van der Waals surface area contributed by atoms with Crippen LogP contribution in [0.15, 0.2) is 5.16 Å². The fraction of sp³-hybridized carbons (Fsp3) is 0.857. The number of ether oxygens (including phenoxy) is 3. The molecule has 156 valence electrons. The van der Waals surface area contributed by atoms with Crippen LogP contribution in [0, 0.1) is 0 Å². The molecule has 0 bridgehead atoms. The van der Waals surface area contributed by atoms with Crippen molar-refractivity contribution in [3.63, 3.8) is 0 Å². The van der Waals surface area contributed by atoms with Crippen LogP contribution in [0.25, 0.3) is 0 Å². The van der Waals surface area contributed by atoms with Crippen molar-refractivity contribution in [2.45, 2.75) is 62.0 Å². The molecule has 1 amide bonds. The van der Waals surface area contributed by atoms with Crippen LogP contribution < -0.4 is 5.32 Å². The molecule has 0 aliphatic carbocycles. The van der Waals surface area contributed by atoms with Crippen molar-refractivity contribution >= 4 is 11.8 Å². The van der Waals surface area contributed by atoms with E-state index in [1.807, 2.05) is 0 Å². The number of aliphatic hydroxyl groups is 6. The van der Waals surface area contributed by atoms with Crippen molar-refractivity contribution in [1.82, 2.24) is 5.32 Å². The Bertz CT molecular complexity index is 545. The number of aliphatic hydroxyl groups excluding tert-OH is 6. The van der Waals surface area contributed by atoms with E-state index in [-0.39, 0.29) is 0 Å². The molecule has 27 heavy (non-hydrogen) atoms. The quantitative estimate of drug-likeness (QED) is 0.163. The fourth-order valence-corrected chi connectivity index (χ4v) is 2.94. The van der Waals surface area contributed by atoms with Crippen LogP contribution in [0.2, 0.25) is 0 Å². The molecule has 2 aliphatic rings. The zero-order valence-corrected chi connectivity index (χ0v) is 14.3. The summed E-state index contributed by atoms with van der Waals surface area (Å²) >= 11 is 0. The van der Waals surface area contributed by atoms with E-state index in [9.17, 15) is 35.4 Å². The molecule has 2 aliphatic heterocycles. The van der Waals surface area contributed by atoms with E-state index >= 15 is 0 Å². The Morgan fingerprint density at radius 3 is 2.22 bits per heavy atom. The highest BCUT2D eigenvalue weighted by atomic mass is 16.7. The Morgan fingerprint density at radius 1 is 1.07 bits per heavy atom. The van der Waals surface area contributed by atoms with Crippen molar-refractivity contribution in [3.05, 3.63) is 0 Å². The molecule has 2 heterocycles. The molecule has 2 rings (SSSR count). The van der Waals surface area contributed by atoms with Crippen LogP contribution in [0.1, 0.15) is 6.92 Å². The van der Waals surface area contributed by atoms with Gasteiger partial charge in [-0.15, -0.1) is 0 Å². The molecule has 13 heteroatoms. The van der Waals surface area contributed by atoms with Crippen LogP contribution in [0.4, 0.5) is 0 Å². The third-order valence-corrected chi connectivity index (χ3v) is 4.36. The predicted octanol–water partition coefficient (Wildman–Crippen LogP) is -4.78. The molecule has 0 spiro atoms. The SMILES string of the molecule is CC(=O)N[C@H]1/C(=N/O)O[C@H](CO)[C@@H](O)[C@@H]1O[C@@H]1O[C@H](CO)[C@H](O)[C@H](O)[C@H]1O. The number of carbonyl (C=O) groups is 1. The normalized spacial score (nSPS) is 44.0. The molecule has 2 fully saturated rings. The van der Waals surface area contributed by atoms with Gasteiger partial charge in [-0.05, 0) is 0 Å². The van der Waals surface area contributed by atoms with Crippen molar-refractivity contribution in [2.75, 3.05) is 13.2 Å². The molecular formula is C14H24N2O11. The molecule has 0 aromatic rings. The summed E-state index contributed by atoms with van der Waals surface area (Å²) in [6, 6.07) is -1.32. The van der Waals surface area contributed by atoms with Crippen molar-refractivity contribution in [1.29, 1.82) is 0 Å². The van der Waals surface area contributed by atoms with Crippen LogP contribution >= 0.6 is 0 Å². The average Bonchev–Trinajstić information content (AvgIpc) is 2.64. The molecule has 2 saturated heterocycles. The maximum atomic E-state index is 11.5. The molecule has 0 radical (unpaired) electrons. The second kappa shape index (κ2) is 9.07. The molecule has 0 aromatic carbocycles. The summed E-state index contributed by atoms with van der Waals surface area (Å²) in [5.74, 6) is -1.06. The van der Waals surface area contributed by atoms with Gasteiger partial charge >= 0.3 is 0 Å². The number of oxime groups is 1. The summed E-state index contributed by atoms with van der Waals surface area (Å²) in [7, 11) is 0. The monoisotopic (exact) mass is 396 g/mol. The first-order valence-electron chi connectivity index (χ1n) is 8.15. The van der Waals surface area contributed by atoms with E-state index in [4.69, 9.17) is 19.4 Å². The van der Waals surface area contributed by atoms with E-state index < -0.39 is 80.1 Å². The van der Waals surface area contributed by atoms with Gasteiger partial charge in [-0.2, -0.15) is 0 Å². The van der Waals surface area contributed by atoms with E-state index in [2.05, 4.69) is 10.5 Å². The lowest BCUT2D eigenvalue weighted by Crippen LogP contribution is -2.66. The number of rotatable bonds is 5. The highest BCUT2D eigenvalue weighted by Crippen LogP contribution is 2.27. The summed E-state index contributed by atoms with van der Waals surface area (Å²) in [4.78, 5) is 11.5. The lowest BCUT2D eigenvalue weighted by molar-refractivity contribution is -0.322. The van der Waals surface area contributed by atoms with Crippen LogP contribution in [-0.4, -0.2) is 116 Å². The molecule has 0 aromatic heterocycles. The zero-order chi connectivity index (χ0) is 20.3. The van der Waals surface area contributed by atoms with Crippen molar-refractivity contribution in [3.8, 4) is 0 Å². The number of hydrogen-bond acceptors (Lipinski definition) is 12. The van der Waals surface area contributed by atoms with E-state index in [1.54, 1.807) is 0 Å². The Kier molecular flexibility index (Phi) is 7.30. The summed E-state index contributed by atoms with van der Waals surface area (Å²) in [6.07, 6.45) is -12.3. The highest BCUT2D eigenvalue weighted by molar-refractivity contribution is 5.88. The minimum atomic E-state index is -1.77. The number of amides is 1. The van der Waals surface area contributed by atoms with Gasteiger partial charge in [0.2, 0.25) is 5.91 Å². The lowest BCUT2D eigenvalue weighted by Gasteiger charge is -2.45. The van der Waals surface area contributed by atoms with Gasteiger partial charge in [-0.25, -0.2) is 0 Å². The van der Waals surface area contributed by atoms with Gasteiger partial charge in [0, 0.05) is 6.92 Å². The minimum Gasteiger partial charge on any atom is -0.468 e. The zero-order valence-electron chi connectivity index (χ0n) is 14.3. The Labute approximate surface area is 153 Å². The third kappa shape index (κ3) is 4.47. The number of nitrogens with zero attached hydrogens (tertiary/aromatic N) is 1.